The van der Waals surface area contributed by atoms with Crippen molar-refractivity contribution in [3.05, 3.63) is 0 Å². The van der Waals surface area contributed by atoms with Crippen molar-refractivity contribution >= 4 is 11.9 Å². The smallest absolute Gasteiger partial charge is 0.548 e. The second-order valence-corrected chi connectivity index (χ2v) is 4.42. The minimum absolute atomic E-state index is 0. The number of nitrogens with two attached hydrogens (primary N) is 4. The van der Waals surface area contributed by atoms with E-state index in [2.05, 4.69) is 0 Å². The van der Waals surface area contributed by atoms with Crippen LogP contribution in [0.1, 0.15) is 38.5 Å². The van der Waals surface area contributed by atoms with Gasteiger partial charge in [0.2, 0.25) is 0 Å². The Hall–Kier alpha value is -0.287. The number of hydrogen-bond acceptors (Lipinski definition) is 8. The Balaban J connectivity index is -0.0000000579. The first-order valence-electron chi connectivity index (χ1n) is 6.69. The maximum Gasteiger partial charge on any atom is 2.00 e. The number of unbranched alkanes of at least 4 members (excludes halogenated alkanes) is 2. The monoisotopic (exact) mass is 444 g/mol. The quantitative estimate of drug-likeness (QED) is 0.236. The normalized spacial score (nSPS) is 10.8. The van der Waals surface area contributed by atoms with Crippen molar-refractivity contribution in [2.24, 2.45) is 22.9 Å². The van der Waals surface area contributed by atoms with Gasteiger partial charge < -0.3 is 53.7 Å². The average Bonchev–Trinajstić information content (AvgIpc) is 2.39. The predicted molar refractivity (Wildman–Crippen MR) is 79.0 cm³/mol. The molecule has 0 aromatic rings. The molecule has 0 aliphatic heterocycles. The summed E-state index contributed by atoms with van der Waals surface area (Å²) in [6, 6.07) is -1.65. The van der Waals surface area contributed by atoms with Crippen LogP contribution in [0.15, 0.2) is 0 Å². The van der Waals surface area contributed by atoms with Crippen LogP contribution in [0.4, 0.5) is 0 Å². The van der Waals surface area contributed by atoms with E-state index in [0.717, 1.165) is 25.7 Å². The Bertz CT molecular complexity index is 252. The summed E-state index contributed by atoms with van der Waals surface area (Å²) >= 11 is 0. The first-order valence-corrected chi connectivity index (χ1v) is 6.69. The van der Waals surface area contributed by atoms with Crippen LogP contribution in [0.25, 0.3) is 0 Å². The number of carbonyl (C=O) groups excluding carboxylic acids is 2. The fraction of sp³-hybridized carbons (Fsp3) is 0.833. The van der Waals surface area contributed by atoms with E-state index in [1.165, 1.54) is 0 Å². The van der Waals surface area contributed by atoms with Gasteiger partial charge in [0.15, 0.2) is 0 Å². The molecule has 0 fully saturated rings. The van der Waals surface area contributed by atoms with Gasteiger partial charge in [0.25, 0.3) is 0 Å². The third kappa shape index (κ3) is 29.7. The first-order chi connectivity index (χ1) is 9.36. The van der Waals surface area contributed by atoms with Gasteiger partial charge in [-0.05, 0) is 38.8 Å². The average molecular weight is 444 g/mol. The van der Waals surface area contributed by atoms with E-state index >= 15 is 0 Å². The van der Waals surface area contributed by atoms with Crippen molar-refractivity contribution in [2.45, 2.75) is 50.6 Å². The zero-order valence-corrected chi connectivity index (χ0v) is 15.5. The van der Waals surface area contributed by atoms with Crippen LogP contribution in [0.2, 0.25) is 0 Å². The van der Waals surface area contributed by atoms with Gasteiger partial charge in [-0.1, -0.05) is 12.8 Å². The van der Waals surface area contributed by atoms with Crippen molar-refractivity contribution in [1.82, 2.24) is 0 Å². The largest absolute Gasteiger partial charge is 2.00 e. The topological polar surface area (TPSA) is 247 Å². The Morgan fingerprint density at radius 3 is 1.17 bits per heavy atom. The molecule has 0 bridgehead atoms. The number of rotatable bonds is 10. The molecule has 12 heteroatoms. The summed E-state index contributed by atoms with van der Waals surface area (Å²) in [6.07, 6.45) is 4.07. The molecular weight excluding hydrogens is 414 g/mol. The molecule has 0 saturated heterocycles. The van der Waals surface area contributed by atoms with E-state index < -0.39 is 24.0 Å². The Morgan fingerprint density at radius 1 is 0.750 bits per heavy atom. The molecule has 10 nitrogen and oxygen atoms in total. The second kappa shape index (κ2) is 27.6. The summed E-state index contributed by atoms with van der Waals surface area (Å²) < 4.78 is 0. The van der Waals surface area contributed by atoms with Gasteiger partial charge in [0, 0.05) is 28.9 Å². The molecule has 0 amide bonds. The molecule has 0 aromatic carbocycles. The number of hydrogen-bond donors (Lipinski definition) is 4. The van der Waals surface area contributed by atoms with Gasteiger partial charge in [0.1, 0.15) is 0 Å². The molecule has 0 aliphatic carbocycles. The molecule has 12 N–H and O–H groups in total. The number of aliphatic carboxylic acids is 2. The summed E-state index contributed by atoms with van der Waals surface area (Å²) in [5, 5.41) is 20.1. The van der Waals surface area contributed by atoms with Gasteiger partial charge in [-0.25, -0.2) is 0 Å². The van der Waals surface area contributed by atoms with Crippen LogP contribution in [-0.4, -0.2) is 48.1 Å². The molecule has 0 heterocycles. The van der Waals surface area contributed by atoms with Crippen LogP contribution in [-0.2, 0) is 43.1 Å². The van der Waals surface area contributed by atoms with Gasteiger partial charge in [-0.2, -0.15) is 0 Å². The van der Waals surface area contributed by atoms with E-state index in [-0.39, 0.29) is 44.5 Å². The Morgan fingerprint density at radius 2 is 1.00 bits per heavy atom. The molecule has 0 rings (SSSR count). The summed E-state index contributed by atoms with van der Waals surface area (Å²) in [4.78, 5) is 20.1. The maximum absolute atomic E-state index is 10.0. The maximum atomic E-state index is 10.0. The standard InChI is InChI=1S/2C6H14N2O2.2Co.2H2O/c2*7-4-2-1-3-5(8)6(9)10;;;;/h2*5H,1-4,7-8H2,(H,9,10);;;2*1H2/q;;;+2;;/p-2/t2*5-;;;;/m00..../s1. The van der Waals surface area contributed by atoms with Crippen LogP contribution < -0.4 is 33.1 Å². The molecule has 2 atom stereocenters. The number of carbonyl (C=O) groups is 2. The Kier molecular flexibility index (Phi) is 44.8. The van der Waals surface area contributed by atoms with Crippen molar-refractivity contribution in [3.63, 3.8) is 0 Å². The van der Waals surface area contributed by atoms with E-state index in [1.54, 1.807) is 0 Å². The van der Waals surface area contributed by atoms with E-state index in [1.807, 2.05) is 0 Å². The molecular formula is C12H30Co2N4O6. The van der Waals surface area contributed by atoms with Gasteiger partial charge in [-0.3, -0.25) is 0 Å². The second-order valence-electron chi connectivity index (χ2n) is 4.42. The minimum atomic E-state index is -1.18. The zero-order chi connectivity index (χ0) is 16.0. The summed E-state index contributed by atoms with van der Waals surface area (Å²) in [6.45, 7) is 1.17. The summed E-state index contributed by atoms with van der Waals surface area (Å²) in [5.74, 6) is -2.37. The third-order valence-electron chi connectivity index (χ3n) is 2.54. The van der Waals surface area contributed by atoms with Crippen molar-refractivity contribution in [2.75, 3.05) is 13.1 Å². The SMILES string of the molecule is NCCCC[C@H](N)C(=O)[O-].NCCCC[C@H](N)C(=O)[O-].O.O.[Co+2].[Co]. The molecule has 0 saturated carbocycles. The third-order valence-corrected chi connectivity index (χ3v) is 2.54. The van der Waals surface area contributed by atoms with E-state index in [4.69, 9.17) is 22.9 Å². The minimum Gasteiger partial charge on any atom is -0.548 e. The first kappa shape index (κ1) is 39.0. The molecule has 0 aliphatic rings. The summed E-state index contributed by atoms with van der Waals surface area (Å²) in [7, 11) is 0. The fourth-order valence-electron chi connectivity index (χ4n) is 1.25. The molecule has 0 spiro atoms. The van der Waals surface area contributed by atoms with E-state index in [0.29, 0.717) is 25.9 Å². The van der Waals surface area contributed by atoms with Gasteiger partial charge >= 0.3 is 16.8 Å². The van der Waals surface area contributed by atoms with Gasteiger partial charge in [0.05, 0.1) is 11.9 Å². The van der Waals surface area contributed by atoms with Crippen LogP contribution >= 0.6 is 0 Å². The van der Waals surface area contributed by atoms with Crippen molar-refractivity contribution < 1.29 is 64.3 Å². The molecule has 0 aromatic heterocycles. The summed E-state index contributed by atoms with van der Waals surface area (Å²) in [5.41, 5.74) is 20.7. The molecule has 2 radical (unpaired) electrons. The van der Waals surface area contributed by atoms with Crippen LogP contribution in [0.5, 0.6) is 0 Å². The molecule has 0 unspecified atom stereocenters. The van der Waals surface area contributed by atoms with Crippen molar-refractivity contribution in [1.29, 1.82) is 0 Å². The molecule has 24 heavy (non-hydrogen) atoms. The Labute approximate surface area is 163 Å². The number of carboxylic acid groups (broad SMARTS) is 2. The van der Waals surface area contributed by atoms with Crippen molar-refractivity contribution in [3.8, 4) is 0 Å². The zero-order valence-electron chi connectivity index (χ0n) is 13.4. The van der Waals surface area contributed by atoms with Gasteiger partial charge in [-0.15, -0.1) is 0 Å². The fourth-order valence-corrected chi connectivity index (χ4v) is 1.25. The molecule has 152 valence electrons. The van der Waals surface area contributed by atoms with Crippen LogP contribution in [0.3, 0.4) is 0 Å². The van der Waals surface area contributed by atoms with Crippen LogP contribution in [0, 0.1) is 0 Å². The number of carboxylic acids is 2. The predicted octanol–water partition coefficient (Wildman–Crippen LogP) is -5.27. The van der Waals surface area contributed by atoms with E-state index in [9.17, 15) is 19.8 Å².